The Bertz CT molecular complexity index is 480. The molecule has 3 atom stereocenters. The van der Waals surface area contributed by atoms with Crippen LogP contribution in [-0.4, -0.2) is 35.2 Å². The smallest absolute Gasteiger partial charge is 0.123 e. The molecule has 0 radical (unpaired) electrons. The van der Waals surface area contributed by atoms with Gasteiger partial charge in [-0.25, -0.2) is 4.39 Å². The number of hydrogen-bond donors (Lipinski definition) is 2. The van der Waals surface area contributed by atoms with E-state index in [1.54, 1.807) is 0 Å². The van der Waals surface area contributed by atoms with E-state index < -0.39 is 0 Å². The summed E-state index contributed by atoms with van der Waals surface area (Å²) in [6.07, 6.45) is 5.01. The average Bonchev–Trinajstić information content (AvgIpc) is 2.85. The topological polar surface area (TPSA) is 35.5 Å². The molecular weight excluding hydrogens is 255 g/mol. The molecule has 3 rings (SSSR count). The SMILES string of the molecule is CC(NC1CCN2CCCCC12)c1cc(F)ccc1O. The van der Waals surface area contributed by atoms with Gasteiger partial charge in [-0.15, -0.1) is 0 Å². The summed E-state index contributed by atoms with van der Waals surface area (Å²) in [5.41, 5.74) is 0.652. The van der Waals surface area contributed by atoms with Gasteiger partial charge in [0.05, 0.1) is 0 Å². The zero-order valence-corrected chi connectivity index (χ0v) is 12.0. The summed E-state index contributed by atoms with van der Waals surface area (Å²) in [5.74, 6) is -0.123. The van der Waals surface area contributed by atoms with E-state index in [2.05, 4.69) is 10.2 Å². The van der Waals surface area contributed by atoms with Crippen LogP contribution in [0.15, 0.2) is 18.2 Å². The quantitative estimate of drug-likeness (QED) is 0.892. The van der Waals surface area contributed by atoms with Crippen LogP contribution in [0, 0.1) is 5.82 Å². The molecule has 2 N–H and O–H groups in total. The van der Waals surface area contributed by atoms with Crippen LogP contribution >= 0.6 is 0 Å². The first-order valence-electron chi connectivity index (χ1n) is 7.63. The molecule has 2 fully saturated rings. The normalized spacial score (nSPS) is 28.3. The zero-order chi connectivity index (χ0) is 14.1. The minimum atomic E-state index is -0.294. The van der Waals surface area contributed by atoms with Gasteiger partial charge in [-0.2, -0.15) is 0 Å². The highest BCUT2D eigenvalue weighted by Gasteiger charge is 2.36. The number of fused-ring (bicyclic) bond motifs is 1. The molecule has 110 valence electrons. The van der Waals surface area contributed by atoms with Gasteiger partial charge in [0.2, 0.25) is 0 Å². The standard InChI is InChI=1S/C16H23FN2O/c1-11(13-10-12(17)5-6-16(13)20)18-14-7-9-19-8-3-2-4-15(14)19/h5-6,10-11,14-15,18,20H,2-4,7-9H2,1H3. The number of piperidine rings is 1. The Hall–Kier alpha value is -1.13. The maximum Gasteiger partial charge on any atom is 0.123 e. The fourth-order valence-electron chi connectivity index (χ4n) is 3.72. The van der Waals surface area contributed by atoms with Gasteiger partial charge in [0.15, 0.2) is 0 Å². The molecule has 0 amide bonds. The number of hydrogen-bond acceptors (Lipinski definition) is 3. The Morgan fingerprint density at radius 2 is 2.15 bits per heavy atom. The summed E-state index contributed by atoms with van der Waals surface area (Å²) in [6.45, 7) is 4.37. The lowest BCUT2D eigenvalue weighted by Gasteiger charge is -2.34. The molecule has 2 aliphatic heterocycles. The van der Waals surface area contributed by atoms with Gasteiger partial charge in [0.25, 0.3) is 0 Å². The molecule has 1 aromatic carbocycles. The van der Waals surface area contributed by atoms with E-state index >= 15 is 0 Å². The lowest BCUT2D eigenvalue weighted by Crippen LogP contribution is -2.45. The first-order chi connectivity index (χ1) is 9.65. The highest BCUT2D eigenvalue weighted by molar-refractivity contribution is 5.35. The van der Waals surface area contributed by atoms with Crippen LogP contribution in [0.4, 0.5) is 4.39 Å². The van der Waals surface area contributed by atoms with E-state index in [9.17, 15) is 9.50 Å². The van der Waals surface area contributed by atoms with E-state index in [0.717, 1.165) is 13.0 Å². The van der Waals surface area contributed by atoms with Crippen molar-refractivity contribution in [2.24, 2.45) is 0 Å². The summed E-state index contributed by atoms with van der Waals surface area (Å²) < 4.78 is 13.3. The third-order valence-electron chi connectivity index (χ3n) is 4.78. The number of benzene rings is 1. The third kappa shape index (κ3) is 2.67. The first kappa shape index (κ1) is 13.8. The molecule has 0 aliphatic carbocycles. The minimum absolute atomic E-state index is 0.0300. The van der Waals surface area contributed by atoms with Gasteiger partial charge in [-0.3, -0.25) is 4.90 Å². The fraction of sp³-hybridized carbons (Fsp3) is 0.625. The lowest BCUT2D eigenvalue weighted by molar-refractivity contribution is 0.177. The Labute approximate surface area is 119 Å². The Balaban J connectivity index is 1.69. The number of rotatable bonds is 3. The number of phenolic OH excluding ortho intramolecular Hbond substituents is 1. The van der Waals surface area contributed by atoms with Crippen molar-refractivity contribution in [3.8, 4) is 5.75 Å². The van der Waals surface area contributed by atoms with Crippen LogP contribution in [0.25, 0.3) is 0 Å². The van der Waals surface area contributed by atoms with Crippen LogP contribution in [0.3, 0.4) is 0 Å². The second kappa shape index (κ2) is 5.70. The maximum atomic E-state index is 13.3. The largest absolute Gasteiger partial charge is 0.508 e. The molecule has 4 heteroatoms. The molecule has 0 spiro atoms. The van der Waals surface area contributed by atoms with Gasteiger partial charge in [0.1, 0.15) is 11.6 Å². The number of nitrogens with one attached hydrogen (secondary N) is 1. The van der Waals surface area contributed by atoms with Crippen molar-refractivity contribution in [3.05, 3.63) is 29.6 Å². The van der Waals surface area contributed by atoms with Crippen molar-refractivity contribution < 1.29 is 9.50 Å². The van der Waals surface area contributed by atoms with Crippen LogP contribution in [0.5, 0.6) is 5.75 Å². The van der Waals surface area contributed by atoms with Crippen molar-refractivity contribution in [2.75, 3.05) is 13.1 Å². The Kier molecular flexibility index (Phi) is 3.94. The van der Waals surface area contributed by atoms with Gasteiger partial charge in [-0.1, -0.05) is 6.42 Å². The molecule has 2 heterocycles. The van der Waals surface area contributed by atoms with Crippen LogP contribution in [0.1, 0.15) is 44.2 Å². The van der Waals surface area contributed by atoms with Crippen LogP contribution < -0.4 is 5.32 Å². The Morgan fingerprint density at radius 1 is 1.30 bits per heavy atom. The van der Waals surface area contributed by atoms with Crippen molar-refractivity contribution >= 4 is 0 Å². The summed E-state index contributed by atoms with van der Waals surface area (Å²) >= 11 is 0. The van der Waals surface area contributed by atoms with Crippen molar-refractivity contribution in [1.82, 2.24) is 10.2 Å². The molecule has 3 nitrogen and oxygen atoms in total. The predicted octanol–water partition coefficient (Wildman–Crippen LogP) is 2.81. The molecule has 2 aliphatic rings. The fourth-order valence-corrected chi connectivity index (χ4v) is 3.72. The predicted molar refractivity (Wildman–Crippen MR) is 77.2 cm³/mol. The average molecular weight is 278 g/mol. The van der Waals surface area contributed by atoms with Gasteiger partial charge in [-0.05, 0) is 50.9 Å². The zero-order valence-electron chi connectivity index (χ0n) is 12.0. The van der Waals surface area contributed by atoms with Crippen molar-refractivity contribution in [1.29, 1.82) is 0 Å². The molecule has 3 unspecified atom stereocenters. The summed E-state index contributed by atoms with van der Waals surface area (Å²) in [4.78, 5) is 2.57. The third-order valence-corrected chi connectivity index (χ3v) is 4.78. The second-order valence-electron chi connectivity index (χ2n) is 6.09. The Morgan fingerprint density at radius 3 is 3.00 bits per heavy atom. The number of nitrogens with zero attached hydrogens (tertiary/aromatic N) is 1. The highest BCUT2D eigenvalue weighted by atomic mass is 19.1. The molecule has 0 saturated carbocycles. The van der Waals surface area contributed by atoms with Crippen LogP contribution in [-0.2, 0) is 0 Å². The van der Waals surface area contributed by atoms with Crippen LogP contribution in [0.2, 0.25) is 0 Å². The minimum Gasteiger partial charge on any atom is -0.508 e. The van der Waals surface area contributed by atoms with E-state index in [1.807, 2.05) is 6.92 Å². The van der Waals surface area contributed by atoms with Gasteiger partial charge in [0, 0.05) is 30.2 Å². The summed E-state index contributed by atoms with van der Waals surface area (Å²) in [6, 6.07) is 5.20. The molecule has 20 heavy (non-hydrogen) atoms. The summed E-state index contributed by atoms with van der Waals surface area (Å²) in [7, 11) is 0. The molecule has 0 bridgehead atoms. The molecule has 1 aromatic rings. The highest BCUT2D eigenvalue weighted by Crippen LogP contribution is 2.30. The number of halogens is 1. The van der Waals surface area contributed by atoms with E-state index in [4.69, 9.17) is 0 Å². The van der Waals surface area contributed by atoms with E-state index in [-0.39, 0.29) is 17.6 Å². The molecular formula is C16H23FN2O. The van der Waals surface area contributed by atoms with E-state index in [1.165, 1.54) is 44.0 Å². The molecule has 0 aromatic heterocycles. The van der Waals surface area contributed by atoms with E-state index in [0.29, 0.717) is 17.6 Å². The van der Waals surface area contributed by atoms with Gasteiger partial charge >= 0.3 is 0 Å². The van der Waals surface area contributed by atoms with Crippen molar-refractivity contribution in [3.63, 3.8) is 0 Å². The number of aromatic hydroxyl groups is 1. The summed E-state index contributed by atoms with van der Waals surface area (Å²) in [5, 5.41) is 13.5. The second-order valence-corrected chi connectivity index (χ2v) is 6.09. The van der Waals surface area contributed by atoms with Gasteiger partial charge < -0.3 is 10.4 Å². The van der Waals surface area contributed by atoms with Crippen molar-refractivity contribution in [2.45, 2.75) is 50.7 Å². The lowest BCUT2D eigenvalue weighted by atomic mass is 9.97. The monoisotopic (exact) mass is 278 g/mol. The maximum absolute atomic E-state index is 13.3. The molecule has 2 saturated heterocycles. The first-order valence-corrected chi connectivity index (χ1v) is 7.63. The number of phenols is 1.